The van der Waals surface area contributed by atoms with Crippen LogP contribution in [0.1, 0.15) is 41.4 Å². The summed E-state index contributed by atoms with van der Waals surface area (Å²) >= 11 is 7.63. The second-order valence-corrected chi connectivity index (χ2v) is 7.58. The number of pyridine rings is 1. The van der Waals surface area contributed by atoms with Gasteiger partial charge in [0, 0.05) is 17.6 Å². The number of nitrogens with zero attached hydrogens (tertiary/aromatic N) is 2. The molecule has 3 rings (SSSR count). The van der Waals surface area contributed by atoms with E-state index >= 15 is 0 Å². The number of aliphatic carboxylic acids is 1. The molecule has 1 aliphatic heterocycles. The van der Waals surface area contributed by atoms with Gasteiger partial charge in [-0.15, -0.1) is 11.3 Å². The van der Waals surface area contributed by atoms with Crippen LogP contribution in [0, 0.1) is 6.92 Å². The van der Waals surface area contributed by atoms with Crippen LogP contribution in [0.3, 0.4) is 0 Å². The van der Waals surface area contributed by atoms with Gasteiger partial charge < -0.3 is 5.11 Å². The summed E-state index contributed by atoms with van der Waals surface area (Å²) in [6, 6.07) is 7.14. The van der Waals surface area contributed by atoms with Crippen molar-refractivity contribution in [2.24, 2.45) is 0 Å². The molecule has 2 aromatic heterocycles. The Bertz CT molecular complexity index is 703. The molecule has 0 spiro atoms. The minimum atomic E-state index is -0.758. The van der Waals surface area contributed by atoms with E-state index in [4.69, 9.17) is 11.6 Å². The molecule has 3 heterocycles. The number of carboxylic acid groups (broad SMARTS) is 1. The normalized spacial score (nSPS) is 20.3. The van der Waals surface area contributed by atoms with Gasteiger partial charge in [0.2, 0.25) is 0 Å². The van der Waals surface area contributed by atoms with Gasteiger partial charge in [-0.1, -0.05) is 24.1 Å². The predicted octanol–water partition coefficient (Wildman–Crippen LogP) is 4.13. The molecule has 0 aliphatic carbocycles. The number of hydrogen-bond donors (Lipinski definition) is 1. The van der Waals surface area contributed by atoms with Crippen LogP contribution >= 0.6 is 22.9 Å². The van der Waals surface area contributed by atoms with Crippen molar-refractivity contribution in [2.75, 3.05) is 6.54 Å². The first-order valence-electron chi connectivity index (χ1n) is 7.73. The quantitative estimate of drug-likeness (QED) is 0.900. The summed E-state index contributed by atoms with van der Waals surface area (Å²) in [6.45, 7) is 2.78. The molecule has 4 nitrogen and oxygen atoms in total. The molecular weight excluding hydrogens is 332 g/mol. The Morgan fingerprint density at radius 3 is 2.91 bits per heavy atom. The number of likely N-dealkylation sites (tertiary alicyclic amines) is 1. The van der Waals surface area contributed by atoms with E-state index in [2.05, 4.69) is 9.88 Å². The highest BCUT2D eigenvalue weighted by Crippen LogP contribution is 2.38. The van der Waals surface area contributed by atoms with Gasteiger partial charge in [0.25, 0.3) is 0 Å². The molecule has 2 aromatic rings. The van der Waals surface area contributed by atoms with Gasteiger partial charge in [-0.05, 0) is 43.5 Å². The van der Waals surface area contributed by atoms with E-state index in [1.54, 1.807) is 6.20 Å². The smallest absolute Gasteiger partial charge is 0.320 e. The number of carbonyl (C=O) groups is 1. The van der Waals surface area contributed by atoms with E-state index in [9.17, 15) is 9.90 Å². The molecule has 1 aliphatic rings. The Labute approximate surface area is 144 Å². The summed E-state index contributed by atoms with van der Waals surface area (Å²) in [4.78, 5) is 19.4. The Morgan fingerprint density at radius 1 is 1.43 bits per heavy atom. The largest absolute Gasteiger partial charge is 0.480 e. The van der Waals surface area contributed by atoms with Crippen molar-refractivity contribution in [1.82, 2.24) is 9.88 Å². The fourth-order valence-electron chi connectivity index (χ4n) is 3.24. The van der Waals surface area contributed by atoms with Crippen LogP contribution in [-0.2, 0) is 4.79 Å². The molecule has 23 heavy (non-hydrogen) atoms. The third-order valence-corrected chi connectivity index (χ3v) is 5.62. The molecule has 0 radical (unpaired) electrons. The molecule has 0 amide bonds. The van der Waals surface area contributed by atoms with Crippen molar-refractivity contribution in [2.45, 2.75) is 38.3 Å². The summed E-state index contributed by atoms with van der Waals surface area (Å²) < 4.78 is 0.711. The van der Waals surface area contributed by atoms with E-state index in [-0.39, 0.29) is 6.04 Å². The van der Waals surface area contributed by atoms with E-state index in [1.807, 2.05) is 31.2 Å². The lowest BCUT2D eigenvalue weighted by Crippen LogP contribution is -2.47. The summed E-state index contributed by atoms with van der Waals surface area (Å²) in [7, 11) is 0. The number of aryl methyl sites for hydroxylation is 1. The highest BCUT2D eigenvalue weighted by Gasteiger charge is 2.36. The van der Waals surface area contributed by atoms with Crippen molar-refractivity contribution >= 4 is 28.9 Å². The molecule has 122 valence electrons. The van der Waals surface area contributed by atoms with Gasteiger partial charge in [0.05, 0.1) is 16.1 Å². The van der Waals surface area contributed by atoms with Crippen LogP contribution in [-0.4, -0.2) is 33.5 Å². The second kappa shape index (κ2) is 6.99. The van der Waals surface area contributed by atoms with Gasteiger partial charge in [0.1, 0.15) is 6.04 Å². The van der Waals surface area contributed by atoms with Gasteiger partial charge in [0.15, 0.2) is 0 Å². The number of halogens is 1. The number of aromatic nitrogens is 1. The van der Waals surface area contributed by atoms with E-state index < -0.39 is 12.0 Å². The fraction of sp³-hybridized carbons (Fsp3) is 0.412. The Morgan fingerprint density at radius 2 is 2.26 bits per heavy atom. The minimum absolute atomic E-state index is 0.157. The number of hydrogen-bond acceptors (Lipinski definition) is 4. The van der Waals surface area contributed by atoms with Crippen molar-refractivity contribution < 1.29 is 9.90 Å². The highest BCUT2D eigenvalue weighted by atomic mass is 35.5. The maximum atomic E-state index is 11.7. The van der Waals surface area contributed by atoms with Crippen LogP contribution in [0.5, 0.6) is 0 Å². The Kier molecular flexibility index (Phi) is 4.99. The molecule has 1 N–H and O–H groups in total. The SMILES string of the molecule is Cc1cccnc1C(c1ccc(Cl)s1)N1CCCCC1C(=O)O. The number of piperidine rings is 1. The second-order valence-electron chi connectivity index (χ2n) is 5.84. The van der Waals surface area contributed by atoms with Crippen molar-refractivity contribution in [3.63, 3.8) is 0 Å². The van der Waals surface area contributed by atoms with Gasteiger partial charge >= 0.3 is 5.97 Å². The van der Waals surface area contributed by atoms with E-state index in [1.165, 1.54) is 11.3 Å². The summed E-state index contributed by atoms with van der Waals surface area (Å²) in [5.74, 6) is -0.758. The summed E-state index contributed by atoms with van der Waals surface area (Å²) in [5.41, 5.74) is 1.98. The molecule has 6 heteroatoms. The van der Waals surface area contributed by atoms with Gasteiger partial charge in [-0.3, -0.25) is 14.7 Å². The zero-order valence-electron chi connectivity index (χ0n) is 12.9. The Hall–Kier alpha value is -1.43. The monoisotopic (exact) mass is 350 g/mol. The van der Waals surface area contributed by atoms with Gasteiger partial charge in [-0.25, -0.2) is 0 Å². The first-order valence-corrected chi connectivity index (χ1v) is 8.92. The molecule has 1 fully saturated rings. The van der Waals surface area contributed by atoms with Gasteiger partial charge in [-0.2, -0.15) is 0 Å². The van der Waals surface area contributed by atoms with Crippen molar-refractivity contribution in [3.8, 4) is 0 Å². The van der Waals surface area contributed by atoms with Crippen molar-refractivity contribution in [1.29, 1.82) is 0 Å². The molecule has 0 aromatic carbocycles. The fourth-order valence-corrected chi connectivity index (χ4v) is 4.43. The summed E-state index contributed by atoms with van der Waals surface area (Å²) in [6.07, 6.45) is 4.40. The number of carboxylic acids is 1. The Balaban J connectivity index is 2.08. The average Bonchev–Trinajstić information content (AvgIpc) is 2.96. The zero-order valence-corrected chi connectivity index (χ0v) is 14.5. The van der Waals surface area contributed by atoms with Crippen LogP contribution in [0.25, 0.3) is 0 Å². The zero-order chi connectivity index (χ0) is 16.4. The lowest BCUT2D eigenvalue weighted by molar-refractivity contribution is -0.145. The molecule has 0 bridgehead atoms. The van der Waals surface area contributed by atoms with Crippen LogP contribution in [0.2, 0.25) is 4.34 Å². The number of rotatable bonds is 4. The maximum Gasteiger partial charge on any atom is 0.320 e. The minimum Gasteiger partial charge on any atom is -0.480 e. The first-order chi connectivity index (χ1) is 11.1. The molecule has 0 saturated carbocycles. The van der Waals surface area contributed by atoms with Crippen molar-refractivity contribution in [3.05, 3.63) is 50.9 Å². The van der Waals surface area contributed by atoms with E-state index in [0.29, 0.717) is 10.8 Å². The highest BCUT2D eigenvalue weighted by molar-refractivity contribution is 7.16. The molecule has 2 unspecified atom stereocenters. The third-order valence-electron chi connectivity index (χ3n) is 4.33. The first kappa shape index (κ1) is 16.4. The standard InChI is InChI=1S/C17H19ClN2O2S/c1-11-5-4-9-19-15(11)16(13-7-8-14(18)23-13)20-10-3-2-6-12(20)17(21)22/h4-5,7-9,12,16H,2-3,6,10H2,1H3,(H,21,22). The molecule has 2 atom stereocenters. The number of thiophene rings is 1. The van der Waals surface area contributed by atoms with Crippen LogP contribution < -0.4 is 0 Å². The van der Waals surface area contributed by atoms with E-state index in [0.717, 1.165) is 35.5 Å². The average molecular weight is 351 g/mol. The molecular formula is C17H19ClN2O2S. The molecule has 1 saturated heterocycles. The maximum absolute atomic E-state index is 11.7. The van der Waals surface area contributed by atoms with Crippen LogP contribution in [0.15, 0.2) is 30.5 Å². The lowest BCUT2D eigenvalue weighted by Gasteiger charge is -2.38. The summed E-state index contributed by atoms with van der Waals surface area (Å²) in [5, 5.41) is 9.64. The predicted molar refractivity (Wildman–Crippen MR) is 92.1 cm³/mol. The topological polar surface area (TPSA) is 53.4 Å². The lowest BCUT2D eigenvalue weighted by atomic mass is 9.96. The van der Waals surface area contributed by atoms with Crippen LogP contribution in [0.4, 0.5) is 0 Å². The third kappa shape index (κ3) is 3.42.